The van der Waals surface area contributed by atoms with Crippen molar-refractivity contribution in [3.63, 3.8) is 0 Å². The largest absolute Gasteiger partial charge is 0.310 e. The van der Waals surface area contributed by atoms with Gasteiger partial charge in [-0.05, 0) is 36.5 Å². The quantitative estimate of drug-likeness (QED) is 0.820. The molecule has 0 spiro atoms. The minimum absolute atomic E-state index is 0.533. The third-order valence-corrected chi connectivity index (χ3v) is 3.95. The minimum atomic E-state index is 0.533. The van der Waals surface area contributed by atoms with E-state index in [1.807, 2.05) is 18.2 Å². The van der Waals surface area contributed by atoms with Gasteiger partial charge in [0.15, 0.2) is 0 Å². The van der Waals surface area contributed by atoms with Crippen LogP contribution in [0.1, 0.15) is 32.3 Å². The van der Waals surface area contributed by atoms with Crippen LogP contribution in [0.5, 0.6) is 0 Å². The molecule has 0 heterocycles. The fourth-order valence-electron chi connectivity index (χ4n) is 1.79. The summed E-state index contributed by atoms with van der Waals surface area (Å²) in [7, 11) is 0. The summed E-state index contributed by atoms with van der Waals surface area (Å²) in [6, 6.07) is 6.51. The minimum Gasteiger partial charge on any atom is -0.310 e. The fourth-order valence-corrected chi connectivity index (χ4v) is 2.09. The summed E-state index contributed by atoms with van der Waals surface area (Å²) in [5.41, 5.74) is 2.52. The number of hydrogen-bond donors (Lipinski definition) is 1. The zero-order valence-electron chi connectivity index (χ0n) is 10.8. The topological polar surface area (TPSA) is 12.0 Å². The Kier molecular flexibility index (Phi) is 4.71. The molecule has 0 amide bonds. The van der Waals surface area contributed by atoms with Gasteiger partial charge < -0.3 is 5.32 Å². The van der Waals surface area contributed by atoms with Crippen LogP contribution in [-0.4, -0.2) is 12.6 Å². The molecule has 18 heavy (non-hydrogen) atoms. The number of nitrogens with one attached hydrogen (secondary N) is 1. The highest BCUT2D eigenvalue weighted by Gasteiger charge is 2.20. The van der Waals surface area contributed by atoms with Crippen molar-refractivity contribution >= 4 is 29.3 Å². The van der Waals surface area contributed by atoms with Crippen molar-refractivity contribution in [2.75, 3.05) is 6.54 Å². The van der Waals surface area contributed by atoms with Crippen molar-refractivity contribution in [1.82, 2.24) is 5.32 Å². The first-order valence-electron chi connectivity index (χ1n) is 6.45. The molecule has 1 aromatic rings. The fraction of sp³-hybridized carbons (Fsp3) is 0.467. The highest BCUT2D eigenvalue weighted by atomic mass is 35.5. The van der Waals surface area contributed by atoms with E-state index in [-0.39, 0.29) is 0 Å². The standard InChI is InChI=1S/C15H19Cl2N/c1-10(2)12(9-18-13-4-5-13)7-11-3-6-14(16)15(17)8-11/h3,6-8,10,13,18H,4-5,9H2,1-2H3. The second-order valence-electron chi connectivity index (χ2n) is 5.20. The molecule has 1 aromatic carbocycles. The predicted octanol–water partition coefficient (Wildman–Crippen LogP) is 4.78. The number of benzene rings is 1. The maximum absolute atomic E-state index is 6.04. The Hall–Kier alpha value is -0.500. The molecule has 0 aromatic heterocycles. The van der Waals surface area contributed by atoms with E-state index in [4.69, 9.17) is 23.2 Å². The van der Waals surface area contributed by atoms with Gasteiger partial charge in [-0.1, -0.05) is 54.8 Å². The molecule has 0 saturated heterocycles. The zero-order valence-corrected chi connectivity index (χ0v) is 12.4. The van der Waals surface area contributed by atoms with Gasteiger partial charge in [0, 0.05) is 12.6 Å². The Bertz CT molecular complexity index is 448. The van der Waals surface area contributed by atoms with Gasteiger partial charge >= 0.3 is 0 Å². The van der Waals surface area contributed by atoms with E-state index in [1.54, 1.807) is 0 Å². The van der Waals surface area contributed by atoms with Crippen LogP contribution in [-0.2, 0) is 0 Å². The summed E-state index contributed by atoms with van der Waals surface area (Å²) in [6.45, 7) is 5.40. The van der Waals surface area contributed by atoms with Crippen LogP contribution in [0.4, 0.5) is 0 Å². The third-order valence-electron chi connectivity index (χ3n) is 3.21. The molecular weight excluding hydrogens is 265 g/mol. The van der Waals surface area contributed by atoms with Gasteiger partial charge in [0.2, 0.25) is 0 Å². The average molecular weight is 284 g/mol. The van der Waals surface area contributed by atoms with E-state index < -0.39 is 0 Å². The summed E-state index contributed by atoms with van der Waals surface area (Å²) in [6.07, 6.45) is 4.85. The normalized spacial score (nSPS) is 16.4. The predicted molar refractivity (Wildman–Crippen MR) is 80.3 cm³/mol. The second-order valence-corrected chi connectivity index (χ2v) is 6.02. The average Bonchev–Trinajstić information content (AvgIpc) is 3.12. The van der Waals surface area contributed by atoms with E-state index >= 15 is 0 Å². The van der Waals surface area contributed by atoms with Gasteiger partial charge in [-0.3, -0.25) is 0 Å². The van der Waals surface area contributed by atoms with Crippen molar-refractivity contribution in [2.45, 2.75) is 32.7 Å². The van der Waals surface area contributed by atoms with Crippen LogP contribution in [0.25, 0.3) is 6.08 Å². The highest BCUT2D eigenvalue weighted by Crippen LogP contribution is 2.25. The molecule has 0 bridgehead atoms. The summed E-state index contributed by atoms with van der Waals surface area (Å²) >= 11 is 12.0. The van der Waals surface area contributed by atoms with Gasteiger partial charge in [-0.2, -0.15) is 0 Å². The SMILES string of the molecule is CC(C)C(=Cc1ccc(Cl)c(Cl)c1)CNC1CC1. The number of rotatable bonds is 5. The summed E-state index contributed by atoms with van der Waals surface area (Å²) < 4.78 is 0. The Morgan fingerprint density at radius 3 is 2.61 bits per heavy atom. The molecule has 1 fully saturated rings. The lowest BCUT2D eigenvalue weighted by Crippen LogP contribution is -2.21. The molecule has 98 valence electrons. The van der Waals surface area contributed by atoms with Crippen molar-refractivity contribution < 1.29 is 0 Å². The van der Waals surface area contributed by atoms with Gasteiger partial charge in [-0.25, -0.2) is 0 Å². The molecule has 1 aliphatic rings. The van der Waals surface area contributed by atoms with Gasteiger partial charge in [0.1, 0.15) is 0 Å². The van der Waals surface area contributed by atoms with Crippen LogP contribution >= 0.6 is 23.2 Å². The molecule has 0 unspecified atom stereocenters. The maximum atomic E-state index is 6.04. The molecule has 1 N–H and O–H groups in total. The molecule has 0 atom stereocenters. The lowest BCUT2D eigenvalue weighted by atomic mass is 10.00. The molecule has 1 nitrogen and oxygen atoms in total. The molecular formula is C15H19Cl2N. The Labute approximate surface area is 119 Å². The van der Waals surface area contributed by atoms with E-state index in [0.29, 0.717) is 16.0 Å². The van der Waals surface area contributed by atoms with E-state index in [0.717, 1.165) is 18.2 Å². The number of hydrogen-bond acceptors (Lipinski definition) is 1. The lowest BCUT2D eigenvalue weighted by molar-refractivity contribution is 0.662. The van der Waals surface area contributed by atoms with Crippen molar-refractivity contribution in [3.05, 3.63) is 39.4 Å². The Morgan fingerprint density at radius 1 is 1.33 bits per heavy atom. The first-order valence-corrected chi connectivity index (χ1v) is 7.20. The number of halogens is 2. The third kappa shape index (κ3) is 4.01. The molecule has 1 saturated carbocycles. The highest BCUT2D eigenvalue weighted by molar-refractivity contribution is 6.42. The van der Waals surface area contributed by atoms with Crippen LogP contribution < -0.4 is 5.32 Å². The first kappa shape index (κ1) is 13.9. The van der Waals surface area contributed by atoms with E-state index in [2.05, 4.69) is 25.2 Å². The Morgan fingerprint density at radius 2 is 2.06 bits per heavy atom. The smallest absolute Gasteiger partial charge is 0.0598 e. The van der Waals surface area contributed by atoms with Crippen LogP contribution in [0.3, 0.4) is 0 Å². The summed E-state index contributed by atoms with van der Waals surface area (Å²) in [5, 5.41) is 4.78. The van der Waals surface area contributed by atoms with Gasteiger partial charge in [0.05, 0.1) is 10.0 Å². The second kappa shape index (κ2) is 6.10. The van der Waals surface area contributed by atoms with Crippen LogP contribution in [0.2, 0.25) is 10.0 Å². The first-order chi connectivity index (χ1) is 8.56. The maximum Gasteiger partial charge on any atom is 0.0598 e. The van der Waals surface area contributed by atoms with Crippen molar-refractivity contribution in [1.29, 1.82) is 0 Å². The van der Waals surface area contributed by atoms with E-state index in [9.17, 15) is 0 Å². The van der Waals surface area contributed by atoms with Gasteiger partial charge in [-0.15, -0.1) is 0 Å². The summed E-state index contributed by atoms with van der Waals surface area (Å²) in [4.78, 5) is 0. The van der Waals surface area contributed by atoms with Gasteiger partial charge in [0.25, 0.3) is 0 Å². The zero-order chi connectivity index (χ0) is 13.1. The van der Waals surface area contributed by atoms with E-state index in [1.165, 1.54) is 18.4 Å². The van der Waals surface area contributed by atoms with Crippen molar-refractivity contribution in [2.24, 2.45) is 5.92 Å². The molecule has 1 aliphatic carbocycles. The Balaban J connectivity index is 2.11. The summed E-state index contributed by atoms with van der Waals surface area (Å²) in [5.74, 6) is 0.533. The lowest BCUT2D eigenvalue weighted by Gasteiger charge is -2.13. The monoisotopic (exact) mass is 283 g/mol. The molecule has 0 aliphatic heterocycles. The molecule has 2 rings (SSSR count). The van der Waals surface area contributed by atoms with Crippen LogP contribution in [0.15, 0.2) is 23.8 Å². The molecule has 3 heteroatoms. The van der Waals surface area contributed by atoms with Crippen molar-refractivity contribution in [3.8, 4) is 0 Å². The van der Waals surface area contributed by atoms with Crippen LogP contribution in [0, 0.1) is 5.92 Å². The molecule has 0 radical (unpaired) electrons.